The summed E-state index contributed by atoms with van der Waals surface area (Å²) >= 11 is 1.81. The number of rotatable bonds is 4. The molecule has 0 saturated heterocycles. The van der Waals surface area contributed by atoms with Gasteiger partial charge in [-0.3, -0.25) is 0 Å². The van der Waals surface area contributed by atoms with Gasteiger partial charge in [-0.1, -0.05) is 140 Å². The van der Waals surface area contributed by atoms with Crippen LogP contribution in [0.3, 0.4) is 0 Å². The zero-order valence-corrected chi connectivity index (χ0v) is 34.4. The number of furan rings is 1. The lowest BCUT2D eigenvalue weighted by molar-refractivity contribution is 0.666. The maximum atomic E-state index is 6.93. The molecule has 0 saturated carbocycles. The Bertz CT molecular complexity index is 4230. The number of benzene rings is 10. The minimum Gasteiger partial charge on any atom is -0.454 e. The van der Waals surface area contributed by atoms with Crippen molar-refractivity contribution in [3.8, 4) is 39.9 Å². The van der Waals surface area contributed by atoms with Gasteiger partial charge < -0.3 is 8.98 Å². The van der Waals surface area contributed by atoms with Crippen LogP contribution in [-0.4, -0.2) is 19.5 Å². The highest BCUT2D eigenvalue weighted by molar-refractivity contribution is 7.25. The molecule has 0 aliphatic carbocycles. The van der Waals surface area contributed by atoms with E-state index in [2.05, 4.69) is 193 Å². The molecule has 0 bridgehead atoms. The third-order valence-corrected chi connectivity index (χ3v) is 13.9. The quantitative estimate of drug-likeness (QED) is 0.177. The van der Waals surface area contributed by atoms with Gasteiger partial charge in [-0.2, -0.15) is 0 Å². The van der Waals surface area contributed by atoms with Crippen LogP contribution in [-0.2, 0) is 0 Å². The van der Waals surface area contributed by atoms with E-state index in [9.17, 15) is 0 Å². The van der Waals surface area contributed by atoms with E-state index in [1.165, 1.54) is 52.5 Å². The monoisotopic (exact) mass is 820 g/mol. The van der Waals surface area contributed by atoms with Crippen LogP contribution in [0.1, 0.15) is 0 Å². The maximum Gasteiger partial charge on any atom is 0.164 e. The first kappa shape index (κ1) is 34.5. The van der Waals surface area contributed by atoms with Crippen LogP contribution in [0, 0.1) is 0 Å². The van der Waals surface area contributed by atoms with Gasteiger partial charge in [-0.05, 0) is 81.5 Å². The van der Waals surface area contributed by atoms with Crippen LogP contribution in [0.25, 0.3) is 136 Å². The molecule has 4 heterocycles. The van der Waals surface area contributed by atoms with E-state index < -0.39 is 0 Å². The SMILES string of the molecule is c1ccc2cc3c(cc2c1)c1ccc2ccccc2c1n3-c1cc(-c2nc(-c3ccc4sc5ccccc5c4c3)nc(-c3cccc4ccccc34)n2)cc2c1oc1ccccc12. The van der Waals surface area contributed by atoms with Crippen LogP contribution < -0.4 is 0 Å². The second kappa shape index (κ2) is 13.2. The predicted molar refractivity (Wildman–Crippen MR) is 263 cm³/mol. The molecule has 10 aromatic carbocycles. The van der Waals surface area contributed by atoms with Crippen molar-refractivity contribution >= 4 is 108 Å². The topological polar surface area (TPSA) is 56.7 Å². The van der Waals surface area contributed by atoms with E-state index in [1.54, 1.807) is 0 Å². The van der Waals surface area contributed by atoms with E-state index in [0.29, 0.717) is 17.5 Å². The van der Waals surface area contributed by atoms with Crippen molar-refractivity contribution in [1.82, 2.24) is 19.5 Å². The zero-order valence-electron chi connectivity index (χ0n) is 33.6. The molecule has 0 radical (unpaired) electrons. The van der Waals surface area contributed by atoms with Gasteiger partial charge in [-0.25, -0.2) is 15.0 Å². The molecule has 0 spiro atoms. The van der Waals surface area contributed by atoms with E-state index in [0.717, 1.165) is 66.1 Å². The van der Waals surface area contributed by atoms with Gasteiger partial charge in [0.05, 0.1) is 16.7 Å². The minimum atomic E-state index is 0.586. The highest BCUT2D eigenvalue weighted by Gasteiger charge is 2.23. The number of nitrogens with zero attached hydrogens (tertiary/aromatic N) is 4. The second-order valence-corrected chi connectivity index (χ2v) is 17.4. The first-order chi connectivity index (χ1) is 31.2. The predicted octanol–water partition coefficient (Wildman–Crippen LogP) is 15.7. The average Bonchev–Trinajstić information content (AvgIpc) is 4.02. The summed E-state index contributed by atoms with van der Waals surface area (Å²) < 4.78 is 11.8. The largest absolute Gasteiger partial charge is 0.454 e. The summed E-state index contributed by atoms with van der Waals surface area (Å²) in [6.07, 6.45) is 0. The number of fused-ring (bicyclic) bond motifs is 13. The Morgan fingerprint density at radius 1 is 0.381 bits per heavy atom. The van der Waals surface area contributed by atoms with Crippen LogP contribution in [0.5, 0.6) is 0 Å². The summed E-state index contributed by atoms with van der Waals surface area (Å²) in [6.45, 7) is 0. The molecule has 14 rings (SSSR count). The van der Waals surface area contributed by atoms with Gasteiger partial charge >= 0.3 is 0 Å². The van der Waals surface area contributed by atoms with Crippen molar-refractivity contribution in [2.75, 3.05) is 0 Å². The van der Waals surface area contributed by atoms with Gasteiger partial charge in [-0.15, -0.1) is 11.3 Å². The zero-order chi connectivity index (χ0) is 41.2. The van der Waals surface area contributed by atoms with Crippen molar-refractivity contribution in [2.45, 2.75) is 0 Å². The lowest BCUT2D eigenvalue weighted by Crippen LogP contribution is -2.02. The van der Waals surface area contributed by atoms with Crippen LogP contribution >= 0.6 is 11.3 Å². The van der Waals surface area contributed by atoms with Crippen molar-refractivity contribution in [3.05, 3.63) is 194 Å². The van der Waals surface area contributed by atoms with Crippen molar-refractivity contribution < 1.29 is 4.42 Å². The number of para-hydroxylation sites is 1. The summed E-state index contributed by atoms with van der Waals surface area (Å²) in [5, 5.41) is 13.8. The molecule has 0 N–H and O–H groups in total. The summed E-state index contributed by atoms with van der Waals surface area (Å²) in [5.41, 5.74) is 7.54. The number of hydrogen-bond donors (Lipinski definition) is 0. The first-order valence-electron chi connectivity index (χ1n) is 21.2. The van der Waals surface area contributed by atoms with E-state index in [4.69, 9.17) is 19.4 Å². The summed E-state index contributed by atoms with van der Waals surface area (Å²) in [4.78, 5) is 16.1. The lowest BCUT2D eigenvalue weighted by Gasteiger charge is -2.14. The molecule has 0 atom stereocenters. The molecule has 0 amide bonds. The Kier molecular flexibility index (Phi) is 7.21. The van der Waals surface area contributed by atoms with Gasteiger partial charge in [0.15, 0.2) is 23.1 Å². The summed E-state index contributed by atoms with van der Waals surface area (Å²) in [7, 11) is 0. The third-order valence-electron chi connectivity index (χ3n) is 12.8. The molecule has 0 aliphatic heterocycles. The lowest BCUT2D eigenvalue weighted by atomic mass is 10.0. The number of aromatic nitrogens is 4. The highest BCUT2D eigenvalue weighted by Crippen LogP contribution is 2.44. The van der Waals surface area contributed by atoms with Gasteiger partial charge in [0.1, 0.15) is 5.58 Å². The van der Waals surface area contributed by atoms with E-state index >= 15 is 0 Å². The molecule has 0 fully saturated rings. The normalized spacial score (nSPS) is 12.1. The molecule has 0 unspecified atom stereocenters. The molecular weight excluding hydrogens is 789 g/mol. The van der Waals surface area contributed by atoms with E-state index in [1.807, 2.05) is 17.4 Å². The molecular formula is C57H32N4OS. The van der Waals surface area contributed by atoms with E-state index in [-0.39, 0.29) is 0 Å². The third kappa shape index (κ3) is 5.19. The molecule has 0 aliphatic rings. The fraction of sp³-hybridized carbons (Fsp3) is 0. The van der Waals surface area contributed by atoms with Crippen molar-refractivity contribution in [1.29, 1.82) is 0 Å². The number of hydrogen-bond acceptors (Lipinski definition) is 5. The Morgan fingerprint density at radius 3 is 1.87 bits per heavy atom. The van der Waals surface area contributed by atoms with Gasteiger partial charge in [0, 0.05) is 63.8 Å². The maximum absolute atomic E-state index is 6.93. The van der Waals surface area contributed by atoms with Gasteiger partial charge in [0.25, 0.3) is 0 Å². The molecule has 6 heteroatoms. The smallest absolute Gasteiger partial charge is 0.164 e. The second-order valence-electron chi connectivity index (χ2n) is 16.3. The number of thiophene rings is 1. The molecule has 5 nitrogen and oxygen atoms in total. The van der Waals surface area contributed by atoms with Crippen LogP contribution in [0.4, 0.5) is 0 Å². The molecule has 4 aromatic heterocycles. The van der Waals surface area contributed by atoms with Gasteiger partial charge in [0.2, 0.25) is 0 Å². The van der Waals surface area contributed by atoms with Crippen molar-refractivity contribution in [3.63, 3.8) is 0 Å². The Morgan fingerprint density at radius 2 is 1.02 bits per heavy atom. The first-order valence-corrected chi connectivity index (χ1v) is 22.0. The highest BCUT2D eigenvalue weighted by atomic mass is 32.1. The fourth-order valence-electron chi connectivity index (χ4n) is 9.86. The summed E-state index contributed by atoms with van der Waals surface area (Å²) in [5.74, 6) is 1.82. The Labute approximate surface area is 363 Å². The molecule has 14 aromatic rings. The summed E-state index contributed by atoms with van der Waals surface area (Å²) in [6, 6.07) is 69.1. The fourth-order valence-corrected chi connectivity index (χ4v) is 10.9. The molecule has 63 heavy (non-hydrogen) atoms. The Hall–Kier alpha value is -8.19. The molecule has 292 valence electrons. The van der Waals surface area contributed by atoms with Crippen LogP contribution in [0.2, 0.25) is 0 Å². The van der Waals surface area contributed by atoms with Crippen molar-refractivity contribution in [2.24, 2.45) is 0 Å². The Balaban J connectivity index is 1.10. The average molecular weight is 821 g/mol. The standard InChI is InChI=1S/C57H32N4OS/c1-2-15-36-31-48-45(28-35(36)14-1)43-26-24-34-13-4-6-18-40(34)53(43)61(48)49-32-38(30-47-41-19-7-9-22-50(41)62-54(47)49)56-58-55(37-25-27-52-46(29-37)42-20-8-10-23-51(42)63-52)59-57(60-56)44-21-11-16-33-12-3-5-17-39(33)44/h1-32H. The van der Waals surface area contributed by atoms with Crippen LogP contribution in [0.15, 0.2) is 199 Å². The minimum absolute atomic E-state index is 0.586.